The number of aliphatic hydroxyl groups is 1. The molecule has 2 atom stereocenters. The third-order valence-electron chi connectivity index (χ3n) is 4.13. The maximum absolute atomic E-state index is 11.9. The number of aliphatic carboxylic acids is 1. The highest BCUT2D eigenvalue weighted by Gasteiger charge is 2.30. The normalized spacial score (nSPS) is 19.3. The third-order valence-corrected chi connectivity index (χ3v) is 4.13. The average molecular weight is 341 g/mol. The molecule has 0 aromatic carbocycles. The second kappa shape index (κ2) is 12.0. The SMILES string of the molecule is CCCCC[C@H](O)/C=C/C1CCC(=O)N1OCCCCCC(=O)O. The highest BCUT2D eigenvalue weighted by Crippen LogP contribution is 2.21. The topological polar surface area (TPSA) is 87.1 Å². The molecule has 1 rings (SSSR count). The van der Waals surface area contributed by atoms with Crippen molar-refractivity contribution in [3.05, 3.63) is 12.2 Å². The zero-order valence-electron chi connectivity index (χ0n) is 14.7. The summed E-state index contributed by atoms with van der Waals surface area (Å²) in [6.07, 6.45) is 10.6. The molecule has 0 saturated carbocycles. The maximum Gasteiger partial charge on any atom is 0.303 e. The van der Waals surface area contributed by atoms with Gasteiger partial charge in [-0.25, -0.2) is 5.06 Å². The van der Waals surface area contributed by atoms with Crippen LogP contribution in [0.5, 0.6) is 0 Å². The number of nitrogens with zero attached hydrogens (tertiary/aromatic N) is 1. The Morgan fingerprint density at radius 1 is 1.33 bits per heavy atom. The lowest BCUT2D eigenvalue weighted by atomic mass is 10.1. The highest BCUT2D eigenvalue weighted by molar-refractivity contribution is 5.78. The van der Waals surface area contributed by atoms with Crippen LogP contribution in [-0.2, 0) is 14.4 Å². The molecule has 138 valence electrons. The number of unbranched alkanes of at least 4 members (excludes halogenated alkanes) is 4. The van der Waals surface area contributed by atoms with Crippen LogP contribution in [0.1, 0.15) is 71.1 Å². The Bertz CT molecular complexity index is 410. The van der Waals surface area contributed by atoms with Gasteiger partial charge in [0.15, 0.2) is 0 Å². The van der Waals surface area contributed by atoms with Crippen molar-refractivity contribution in [2.45, 2.75) is 83.3 Å². The molecule has 6 heteroatoms. The van der Waals surface area contributed by atoms with Crippen LogP contribution in [0.25, 0.3) is 0 Å². The van der Waals surface area contributed by atoms with E-state index < -0.39 is 12.1 Å². The van der Waals surface area contributed by atoms with Crippen molar-refractivity contribution >= 4 is 11.9 Å². The third kappa shape index (κ3) is 8.45. The number of carboxylic acid groups (broad SMARTS) is 1. The minimum absolute atomic E-state index is 0.0318. The van der Waals surface area contributed by atoms with Gasteiger partial charge in [-0.2, -0.15) is 0 Å². The first-order chi connectivity index (χ1) is 11.5. The first-order valence-corrected chi connectivity index (χ1v) is 9.07. The van der Waals surface area contributed by atoms with Crippen LogP contribution in [-0.4, -0.2) is 45.9 Å². The standard InChI is InChI=1S/C18H31NO5/c1-2-3-5-8-16(20)12-10-15-11-13-17(21)19(15)24-14-7-4-6-9-18(22)23/h10,12,15-16,20H,2-9,11,13-14H2,1H3,(H,22,23)/b12-10+/t15?,16-/m0/s1. The molecule has 0 spiro atoms. The molecule has 24 heavy (non-hydrogen) atoms. The van der Waals surface area contributed by atoms with E-state index in [1.807, 2.05) is 6.08 Å². The van der Waals surface area contributed by atoms with Crippen LogP contribution in [0.3, 0.4) is 0 Å². The maximum atomic E-state index is 11.9. The average Bonchev–Trinajstić information content (AvgIpc) is 2.89. The summed E-state index contributed by atoms with van der Waals surface area (Å²) in [5.74, 6) is -0.816. The number of carboxylic acids is 1. The van der Waals surface area contributed by atoms with Gasteiger partial charge in [-0.15, -0.1) is 0 Å². The second-order valence-corrected chi connectivity index (χ2v) is 6.31. The summed E-state index contributed by atoms with van der Waals surface area (Å²) >= 11 is 0. The predicted octanol–water partition coefficient (Wildman–Crippen LogP) is 3.05. The van der Waals surface area contributed by atoms with Crippen molar-refractivity contribution in [3.8, 4) is 0 Å². The fourth-order valence-electron chi connectivity index (χ4n) is 2.70. The fourth-order valence-corrected chi connectivity index (χ4v) is 2.70. The zero-order valence-corrected chi connectivity index (χ0v) is 14.7. The first kappa shape index (κ1) is 20.6. The molecular weight excluding hydrogens is 310 g/mol. The lowest BCUT2D eigenvalue weighted by Crippen LogP contribution is -2.32. The second-order valence-electron chi connectivity index (χ2n) is 6.31. The molecule has 2 N–H and O–H groups in total. The minimum atomic E-state index is -0.784. The van der Waals surface area contributed by atoms with Crippen LogP contribution in [0.15, 0.2) is 12.2 Å². The molecule has 0 aromatic rings. The summed E-state index contributed by atoms with van der Waals surface area (Å²) in [7, 11) is 0. The van der Waals surface area contributed by atoms with E-state index in [4.69, 9.17) is 9.94 Å². The van der Waals surface area contributed by atoms with Gasteiger partial charge in [-0.3, -0.25) is 14.4 Å². The molecule has 1 fully saturated rings. The van der Waals surface area contributed by atoms with Gasteiger partial charge < -0.3 is 10.2 Å². The van der Waals surface area contributed by atoms with Gasteiger partial charge in [0.05, 0.1) is 18.8 Å². The van der Waals surface area contributed by atoms with Crippen LogP contribution in [0.2, 0.25) is 0 Å². The van der Waals surface area contributed by atoms with E-state index in [-0.39, 0.29) is 18.4 Å². The van der Waals surface area contributed by atoms with Crippen molar-refractivity contribution in [2.75, 3.05) is 6.61 Å². The molecule has 0 bridgehead atoms. The number of aliphatic hydroxyl groups excluding tert-OH is 1. The zero-order chi connectivity index (χ0) is 17.8. The smallest absolute Gasteiger partial charge is 0.303 e. The first-order valence-electron chi connectivity index (χ1n) is 9.07. The molecule has 0 aromatic heterocycles. The minimum Gasteiger partial charge on any atom is -0.481 e. The lowest BCUT2D eigenvalue weighted by Gasteiger charge is -2.21. The Hall–Kier alpha value is -1.40. The van der Waals surface area contributed by atoms with Crippen molar-refractivity contribution in [2.24, 2.45) is 0 Å². The Morgan fingerprint density at radius 2 is 2.12 bits per heavy atom. The van der Waals surface area contributed by atoms with Gasteiger partial charge in [0.1, 0.15) is 0 Å². The number of hydrogen-bond acceptors (Lipinski definition) is 4. The number of rotatable bonds is 13. The summed E-state index contributed by atoms with van der Waals surface area (Å²) in [6.45, 7) is 2.54. The van der Waals surface area contributed by atoms with Crippen LogP contribution < -0.4 is 0 Å². The predicted molar refractivity (Wildman–Crippen MR) is 91.2 cm³/mol. The number of hydrogen-bond donors (Lipinski definition) is 2. The monoisotopic (exact) mass is 341 g/mol. The number of amides is 1. The van der Waals surface area contributed by atoms with E-state index in [2.05, 4.69) is 6.92 Å². The summed E-state index contributed by atoms with van der Waals surface area (Å²) in [6, 6.07) is -0.114. The van der Waals surface area contributed by atoms with Gasteiger partial charge in [0.2, 0.25) is 5.91 Å². The molecule has 6 nitrogen and oxygen atoms in total. The van der Waals surface area contributed by atoms with Gasteiger partial charge >= 0.3 is 5.97 Å². The van der Waals surface area contributed by atoms with Crippen LogP contribution in [0.4, 0.5) is 0 Å². The number of carbonyl (C=O) groups is 2. The molecule has 1 aliphatic rings. The van der Waals surface area contributed by atoms with Crippen molar-refractivity contribution in [3.63, 3.8) is 0 Å². The molecule has 0 aliphatic carbocycles. The van der Waals surface area contributed by atoms with Crippen LogP contribution >= 0.6 is 0 Å². The van der Waals surface area contributed by atoms with E-state index >= 15 is 0 Å². The van der Waals surface area contributed by atoms with Crippen molar-refractivity contribution in [1.82, 2.24) is 5.06 Å². The molecule has 1 amide bonds. The van der Waals surface area contributed by atoms with Crippen LogP contribution in [0, 0.1) is 0 Å². The Morgan fingerprint density at radius 3 is 2.83 bits per heavy atom. The largest absolute Gasteiger partial charge is 0.481 e. The number of hydroxylamine groups is 2. The summed E-state index contributed by atoms with van der Waals surface area (Å²) in [5.41, 5.74) is 0. The van der Waals surface area contributed by atoms with E-state index in [9.17, 15) is 14.7 Å². The number of carbonyl (C=O) groups excluding carboxylic acids is 1. The molecular formula is C18H31NO5. The van der Waals surface area contributed by atoms with Gasteiger partial charge in [-0.1, -0.05) is 44.8 Å². The van der Waals surface area contributed by atoms with Gasteiger partial charge in [0.25, 0.3) is 0 Å². The highest BCUT2D eigenvalue weighted by atomic mass is 16.7. The fraction of sp³-hybridized carbons (Fsp3) is 0.778. The molecule has 0 radical (unpaired) electrons. The van der Waals surface area contributed by atoms with E-state index in [0.29, 0.717) is 25.9 Å². The Kier molecular flexibility index (Phi) is 10.4. The van der Waals surface area contributed by atoms with E-state index in [1.54, 1.807) is 6.08 Å². The van der Waals surface area contributed by atoms with Gasteiger partial charge in [-0.05, 0) is 25.7 Å². The molecule has 1 saturated heterocycles. The Labute approximate surface area is 144 Å². The summed E-state index contributed by atoms with van der Waals surface area (Å²) in [4.78, 5) is 27.9. The molecule has 1 heterocycles. The van der Waals surface area contributed by atoms with E-state index in [1.165, 1.54) is 5.06 Å². The summed E-state index contributed by atoms with van der Waals surface area (Å²) in [5, 5.41) is 19.9. The van der Waals surface area contributed by atoms with Gasteiger partial charge in [0, 0.05) is 12.8 Å². The quantitative estimate of drug-likeness (QED) is 0.397. The molecule has 1 unspecified atom stereocenters. The summed E-state index contributed by atoms with van der Waals surface area (Å²) < 4.78 is 0. The van der Waals surface area contributed by atoms with Crippen molar-refractivity contribution < 1.29 is 24.6 Å². The molecule has 1 aliphatic heterocycles. The van der Waals surface area contributed by atoms with Crippen molar-refractivity contribution in [1.29, 1.82) is 0 Å². The van der Waals surface area contributed by atoms with E-state index in [0.717, 1.165) is 38.5 Å². The lowest BCUT2D eigenvalue weighted by molar-refractivity contribution is -0.185. The Balaban J connectivity index is 2.28.